The lowest BCUT2D eigenvalue weighted by Gasteiger charge is -2.10. The summed E-state index contributed by atoms with van der Waals surface area (Å²) in [4.78, 5) is 13.9. The van der Waals surface area contributed by atoms with Gasteiger partial charge in [0.2, 0.25) is 4.77 Å². The third kappa shape index (κ3) is 1.27. The summed E-state index contributed by atoms with van der Waals surface area (Å²) in [7, 11) is 1.69. The highest BCUT2D eigenvalue weighted by Gasteiger charge is 2.07. The van der Waals surface area contributed by atoms with Gasteiger partial charge in [-0.1, -0.05) is 0 Å². The van der Waals surface area contributed by atoms with Crippen molar-refractivity contribution in [1.82, 2.24) is 19.9 Å². The first-order chi connectivity index (χ1) is 6.18. The minimum Gasteiger partial charge on any atom is -0.340 e. The highest BCUT2D eigenvalue weighted by atomic mass is 32.1. The van der Waals surface area contributed by atoms with E-state index in [2.05, 4.69) is 19.9 Å². The highest BCUT2D eigenvalue weighted by Crippen LogP contribution is 2.16. The monoisotopic (exact) mass is 196 g/mol. The summed E-state index contributed by atoms with van der Waals surface area (Å²) in [6.07, 6.45) is 1.56. The molecule has 6 nitrogen and oxygen atoms in total. The molecule has 0 aliphatic heterocycles. The average Bonchev–Trinajstić information content (AvgIpc) is 2.49. The van der Waals surface area contributed by atoms with Crippen LogP contribution in [0.1, 0.15) is 0 Å². The first-order valence-corrected chi connectivity index (χ1v) is 4.01. The Morgan fingerprint density at radius 3 is 3.08 bits per heavy atom. The number of nitrogens with one attached hydrogen (secondary N) is 2. The third-order valence-electron chi connectivity index (χ3n) is 1.63. The van der Waals surface area contributed by atoms with Crippen LogP contribution < -0.4 is 10.9 Å². The molecule has 0 saturated carbocycles. The molecule has 0 unspecified atom stereocenters. The van der Waals surface area contributed by atoms with Gasteiger partial charge in [-0.25, -0.2) is 10.8 Å². The fraction of sp³-hybridized carbons (Fsp3) is 0.167. The number of nitrogens with zero attached hydrogens (tertiary/aromatic N) is 3. The summed E-state index contributed by atoms with van der Waals surface area (Å²) in [5.74, 6) is 6.15. The van der Waals surface area contributed by atoms with E-state index >= 15 is 0 Å². The number of fused-ring (bicyclic) bond motifs is 1. The van der Waals surface area contributed by atoms with Crippen LogP contribution in [0.25, 0.3) is 11.2 Å². The second kappa shape index (κ2) is 2.79. The molecular formula is C6H8N6S. The predicted molar refractivity (Wildman–Crippen MR) is 51.7 cm³/mol. The minimum atomic E-state index is 0.368. The van der Waals surface area contributed by atoms with Crippen molar-refractivity contribution >= 4 is 29.2 Å². The lowest BCUT2D eigenvalue weighted by molar-refractivity contribution is 0.968. The smallest absolute Gasteiger partial charge is 0.200 e. The van der Waals surface area contributed by atoms with Gasteiger partial charge in [0.25, 0.3) is 0 Å². The number of aromatic amines is 2. The Labute approximate surface area is 78.8 Å². The van der Waals surface area contributed by atoms with Crippen molar-refractivity contribution in [2.75, 3.05) is 12.1 Å². The standard InChI is InChI=1S/C6H8N6S/c1-12(7)5-3-4(9-2-8-3)10-6(13)11-5/h2H,7H2,1H3,(H2,8,9,10,11,13). The molecule has 4 N–H and O–H groups in total. The number of hydrogen-bond acceptors (Lipinski definition) is 5. The first kappa shape index (κ1) is 8.14. The normalized spacial score (nSPS) is 10.6. The summed E-state index contributed by atoms with van der Waals surface area (Å²) in [5, 5.41) is 1.39. The van der Waals surface area contributed by atoms with E-state index in [4.69, 9.17) is 18.1 Å². The number of H-pyrrole nitrogens is 2. The minimum absolute atomic E-state index is 0.368. The van der Waals surface area contributed by atoms with Gasteiger partial charge in [-0.05, 0) is 12.2 Å². The lowest BCUT2D eigenvalue weighted by atomic mass is 10.5. The topological polar surface area (TPSA) is 86.6 Å². The molecule has 0 amide bonds. The summed E-state index contributed by atoms with van der Waals surface area (Å²) in [5.41, 5.74) is 1.41. The van der Waals surface area contributed by atoms with Gasteiger partial charge in [-0.3, -0.25) is 5.01 Å². The third-order valence-corrected chi connectivity index (χ3v) is 1.82. The molecule has 2 aromatic rings. The zero-order valence-electron chi connectivity index (χ0n) is 6.90. The second-order valence-electron chi connectivity index (χ2n) is 2.60. The maximum absolute atomic E-state index is 5.57. The summed E-state index contributed by atoms with van der Waals surface area (Å²) >= 11 is 4.91. The molecule has 0 saturated heterocycles. The number of anilines is 1. The molecule has 7 heteroatoms. The maximum atomic E-state index is 5.57. The number of imidazole rings is 1. The number of aromatic nitrogens is 4. The van der Waals surface area contributed by atoms with Crippen LogP contribution in [0.3, 0.4) is 0 Å². The van der Waals surface area contributed by atoms with Crippen LogP contribution in [0.5, 0.6) is 0 Å². The molecule has 2 rings (SSSR count). The van der Waals surface area contributed by atoms with Crippen LogP contribution >= 0.6 is 12.2 Å². The fourth-order valence-corrected chi connectivity index (χ4v) is 1.28. The maximum Gasteiger partial charge on any atom is 0.200 e. The molecule has 2 heterocycles. The summed E-state index contributed by atoms with van der Waals surface area (Å²) in [6.45, 7) is 0. The van der Waals surface area contributed by atoms with Crippen molar-refractivity contribution in [3.8, 4) is 0 Å². The second-order valence-corrected chi connectivity index (χ2v) is 2.99. The summed E-state index contributed by atoms with van der Waals surface area (Å²) in [6, 6.07) is 0. The van der Waals surface area contributed by atoms with Crippen LogP contribution in [0, 0.1) is 4.77 Å². The van der Waals surface area contributed by atoms with Gasteiger partial charge in [0.05, 0.1) is 6.33 Å². The van der Waals surface area contributed by atoms with E-state index in [1.807, 2.05) is 0 Å². The number of hydrazine groups is 1. The van der Waals surface area contributed by atoms with Crippen molar-refractivity contribution in [3.05, 3.63) is 11.1 Å². The Morgan fingerprint density at radius 2 is 2.38 bits per heavy atom. The number of nitrogens with two attached hydrogens (primary N) is 1. The van der Waals surface area contributed by atoms with E-state index in [1.54, 1.807) is 13.4 Å². The molecule has 0 spiro atoms. The first-order valence-electron chi connectivity index (χ1n) is 3.60. The number of rotatable bonds is 1. The quantitative estimate of drug-likeness (QED) is 0.347. The van der Waals surface area contributed by atoms with E-state index in [0.717, 1.165) is 5.52 Å². The number of hydrogen-bond donors (Lipinski definition) is 3. The average molecular weight is 196 g/mol. The van der Waals surface area contributed by atoms with E-state index in [9.17, 15) is 0 Å². The zero-order valence-corrected chi connectivity index (χ0v) is 7.72. The van der Waals surface area contributed by atoms with Gasteiger partial charge in [0.15, 0.2) is 11.5 Å². The molecule has 0 aromatic carbocycles. The Hall–Kier alpha value is -1.47. The Morgan fingerprint density at radius 1 is 1.62 bits per heavy atom. The molecule has 0 bridgehead atoms. The molecule has 0 atom stereocenters. The van der Waals surface area contributed by atoms with E-state index in [-0.39, 0.29) is 0 Å². The van der Waals surface area contributed by atoms with Crippen LogP contribution in [0.15, 0.2) is 6.33 Å². The molecule has 0 radical (unpaired) electrons. The molecule has 0 aliphatic carbocycles. The van der Waals surface area contributed by atoms with Crippen molar-refractivity contribution in [3.63, 3.8) is 0 Å². The molecule has 2 aromatic heterocycles. The van der Waals surface area contributed by atoms with Crippen molar-refractivity contribution in [1.29, 1.82) is 0 Å². The van der Waals surface area contributed by atoms with E-state index in [1.165, 1.54) is 5.01 Å². The van der Waals surface area contributed by atoms with E-state index < -0.39 is 0 Å². The van der Waals surface area contributed by atoms with Crippen LogP contribution in [0.4, 0.5) is 5.82 Å². The van der Waals surface area contributed by atoms with Crippen LogP contribution in [-0.2, 0) is 0 Å². The largest absolute Gasteiger partial charge is 0.340 e. The van der Waals surface area contributed by atoms with Crippen molar-refractivity contribution in [2.45, 2.75) is 0 Å². The van der Waals surface area contributed by atoms with Crippen LogP contribution in [0.2, 0.25) is 0 Å². The SMILES string of the molecule is CN(N)c1nc(=S)[nH]c2nc[nH]c12. The van der Waals surface area contributed by atoms with Crippen molar-refractivity contribution in [2.24, 2.45) is 5.84 Å². The van der Waals surface area contributed by atoms with Gasteiger partial charge in [-0.2, -0.15) is 4.98 Å². The predicted octanol–water partition coefficient (Wildman–Crippen LogP) is 0.325. The van der Waals surface area contributed by atoms with Gasteiger partial charge >= 0.3 is 0 Å². The lowest BCUT2D eigenvalue weighted by Crippen LogP contribution is -2.26. The van der Waals surface area contributed by atoms with Gasteiger partial charge in [-0.15, -0.1) is 0 Å². The fourth-order valence-electron chi connectivity index (χ4n) is 1.10. The highest BCUT2D eigenvalue weighted by molar-refractivity contribution is 7.71. The Balaban J connectivity index is 2.85. The molecule has 68 valence electrons. The van der Waals surface area contributed by atoms with Crippen molar-refractivity contribution < 1.29 is 0 Å². The molecular weight excluding hydrogens is 188 g/mol. The molecule has 13 heavy (non-hydrogen) atoms. The van der Waals surface area contributed by atoms with E-state index in [0.29, 0.717) is 16.2 Å². The van der Waals surface area contributed by atoms with Gasteiger partial charge in [0.1, 0.15) is 5.52 Å². The molecule has 0 aliphatic rings. The Kier molecular flexibility index (Phi) is 1.74. The van der Waals surface area contributed by atoms with Gasteiger partial charge < -0.3 is 9.97 Å². The zero-order chi connectivity index (χ0) is 9.42. The summed E-state index contributed by atoms with van der Waals surface area (Å²) < 4.78 is 0.368. The van der Waals surface area contributed by atoms with Crippen LogP contribution in [-0.4, -0.2) is 27.0 Å². The molecule has 0 fully saturated rings. The van der Waals surface area contributed by atoms with Gasteiger partial charge in [0, 0.05) is 7.05 Å². The Bertz CT molecular complexity index is 483.